The lowest BCUT2D eigenvalue weighted by Crippen LogP contribution is -2.31. The fourth-order valence-corrected chi connectivity index (χ4v) is 2.96. The summed E-state index contributed by atoms with van der Waals surface area (Å²) in [7, 11) is 0. The Morgan fingerprint density at radius 3 is 2.57 bits per heavy atom. The van der Waals surface area contributed by atoms with Gasteiger partial charge in [0.05, 0.1) is 0 Å². The van der Waals surface area contributed by atoms with E-state index in [0.717, 1.165) is 30.6 Å². The molecule has 1 fully saturated rings. The lowest BCUT2D eigenvalue weighted by molar-refractivity contribution is 0.0951. The van der Waals surface area contributed by atoms with Gasteiger partial charge in [-0.15, -0.1) is 0 Å². The molecule has 0 spiro atoms. The summed E-state index contributed by atoms with van der Waals surface area (Å²) < 4.78 is 0. The van der Waals surface area contributed by atoms with Crippen molar-refractivity contribution in [2.75, 3.05) is 26.2 Å². The van der Waals surface area contributed by atoms with Gasteiger partial charge in [0.15, 0.2) is 0 Å². The molecule has 2 rings (SSSR count). The van der Waals surface area contributed by atoms with Crippen LogP contribution >= 0.6 is 0 Å². The number of hydrogen-bond acceptors (Lipinski definition) is 2. The largest absolute Gasteiger partial charge is 0.352 e. The highest BCUT2D eigenvalue weighted by Crippen LogP contribution is 2.12. The average molecular weight is 288 g/mol. The zero-order valence-corrected chi connectivity index (χ0v) is 13.5. The van der Waals surface area contributed by atoms with E-state index in [2.05, 4.69) is 10.2 Å². The van der Waals surface area contributed by atoms with E-state index in [1.807, 2.05) is 32.0 Å². The number of nitrogens with one attached hydrogen (secondary N) is 1. The minimum absolute atomic E-state index is 0.0621. The van der Waals surface area contributed by atoms with E-state index in [1.54, 1.807) is 0 Å². The molecular weight excluding hydrogens is 260 g/mol. The standard InChI is InChI=1S/C18H28N2O/c1-15-9-7-10-17(16(15)2)18(21)19-11-8-14-20-12-5-3-4-6-13-20/h7,9-10H,3-6,8,11-14H2,1-2H3,(H,19,21). The maximum Gasteiger partial charge on any atom is 0.251 e. The first-order chi connectivity index (χ1) is 10.2. The van der Waals surface area contributed by atoms with Gasteiger partial charge >= 0.3 is 0 Å². The summed E-state index contributed by atoms with van der Waals surface area (Å²) in [4.78, 5) is 14.7. The van der Waals surface area contributed by atoms with E-state index in [4.69, 9.17) is 0 Å². The minimum Gasteiger partial charge on any atom is -0.352 e. The number of carbonyl (C=O) groups excluding carboxylic acids is 1. The third-order valence-electron chi connectivity index (χ3n) is 4.48. The van der Waals surface area contributed by atoms with Crippen molar-refractivity contribution in [1.29, 1.82) is 0 Å². The maximum absolute atomic E-state index is 12.2. The van der Waals surface area contributed by atoms with Crippen LogP contribution in [0.1, 0.15) is 53.6 Å². The van der Waals surface area contributed by atoms with Crippen molar-refractivity contribution in [3.8, 4) is 0 Å². The number of aryl methyl sites for hydroxylation is 1. The van der Waals surface area contributed by atoms with Gasteiger partial charge in [-0.1, -0.05) is 25.0 Å². The molecule has 1 aliphatic heterocycles. The van der Waals surface area contributed by atoms with E-state index in [-0.39, 0.29) is 5.91 Å². The molecule has 116 valence electrons. The topological polar surface area (TPSA) is 32.3 Å². The van der Waals surface area contributed by atoms with Gasteiger partial charge in [-0.3, -0.25) is 4.79 Å². The second-order valence-electron chi connectivity index (χ2n) is 6.11. The Morgan fingerprint density at radius 1 is 1.14 bits per heavy atom. The highest BCUT2D eigenvalue weighted by molar-refractivity contribution is 5.95. The molecule has 21 heavy (non-hydrogen) atoms. The summed E-state index contributed by atoms with van der Waals surface area (Å²) in [5.74, 6) is 0.0621. The van der Waals surface area contributed by atoms with Gasteiger partial charge in [0.1, 0.15) is 0 Å². The number of rotatable bonds is 5. The number of amides is 1. The first-order valence-corrected chi connectivity index (χ1v) is 8.25. The number of hydrogen-bond donors (Lipinski definition) is 1. The van der Waals surface area contributed by atoms with E-state index in [0.29, 0.717) is 0 Å². The van der Waals surface area contributed by atoms with Crippen LogP contribution in [0.25, 0.3) is 0 Å². The van der Waals surface area contributed by atoms with Crippen LogP contribution in [-0.4, -0.2) is 37.0 Å². The Hall–Kier alpha value is -1.35. The first kappa shape index (κ1) is 16.0. The van der Waals surface area contributed by atoms with Crippen molar-refractivity contribution in [3.05, 3.63) is 34.9 Å². The summed E-state index contributed by atoms with van der Waals surface area (Å²) >= 11 is 0. The summed E-state index contributed by atoms with van der Waals surface area (Å²) in [5.41, 5.74) is 3.07. The molecule has 0 bridgehead atoms. The minimum atomic E-state index is 0.0621. The molecule has 0 unspecified atom stereocenters. The van der Waals surface area contributed by atoms with Crippen molar-refractivity contribution in [2.45, 2.75) is 46.0 Å². The van der Waals surface area contributed by atoms with Crippen LogP contribution in [0.3, 0.4) is 0 Å². The Balaban J connectivity index is 1.73. The van der Waals surface area contributed by atoms with Crippen LogP contribution < -0.4 is 5.32 Å². The van der Waals surface area contributed by atoms with Crippen LogP contribution in [0.4, 0.5) is 0 Å². The molecule has 0 atom stereocenters. The molecule has 0 aromatic heterocycles. The lowest BCUT2D eigenvalue weighted by atomic mass is 10.0. The van der Waals surface area contributed by atoms with Gasteiger partial charge in [0.2, 0.25) is 0 Å². The smallest absolute Gasteiger partial charge is 0.251 e. The van der Waals surface area contributed by atoms with Gasteiger partial charge in [-0.25, -0.2) is 0 Å². The zero-order chi connectivity index (χ0) is 15.1. The van der Waals surface area contributed by atoms with E-state index >= 15 is 0 Å². The molecular formula is C18H28N2O. The second kappa shape index (κ2) is 8.18. The van der Waals surface area contributed by atoms with Gasteiger partial charge in [-0.05, 0) is 69.9 Å². The predicted octanol–water partition coefficient (Wildman–Crippen LogP) is 3.30. The third-order valence-corrected chi connectivity index (χ3v) is 4.48. The van der Waals surface area contributed by atoms with Crippen molar-refractivity contribution >= 4 is 5.91 Å². The normalized spacial score (nSPS) is 16.5. The predicted molar refractivity (Wildman–Crippen MR) is 87.8 cm³/mol. The maximum atomic E-state index is 12.2. The van der Waals surface area contributed by atoms with Gasteiger partial charge < -0.3 is 10.2 Å². The average Bonchev–Trinajstić information content (AvgIpc) is 2.75. The third kappa shape index (κ3) is 4.85. The Bertz CT molecular complexity index is 462. The molecule has 1 N–H and O–H groups in total. The Kier molecular flexibility index (Phi) is 6.24. The van der Waals surface area contributed by atoms with Crippen LogP contribution in [0.15, 0.2) is 18.2 Å². The van der Waals surface area contributed by atoms with Crippen molar-refractivity contribution in [2.24, 2.45) is 0 Å². The zero-order valence-electron chi connectivity index (χ0n) is 13.5. The lowest BCUT2D eigenvalue weighted by Gasteiger charge is -2.19. The van der Waals surface area contributed by atoms with Crippen LogP contribution in [0, 0.1) is 13.8 Å². The quantitative estimate of drug-likeness (QED) is 0.843. The van der Waals surface area contributed by atoms with Crippen LogP contribution in [0.2, 0.25) is 0 Å². The van der Waals surface area contributed by atoms with Gasteiger partial charge in [0.25, 0.3) is 5.91 Å². The van der Waals surface area contributed by atoms with Crippen molar-refractivity contribution in [1.82, 2.24) is 10.2 Å². The summed E-state index contributed by atoms with van der Waals surface area (Å²) in [6, 6.07) is 5.91. The molecule has 1 aromatic rings. The Labute approximate surface area is 128 Å². The summed E-state index contributed by atoms with van der Waals surface area (Å²) in [5, 5.41) is 3.06. The molecule has 0 saturated carbocycles. The van der Waals surface area contributed by atoms with E-state index < -0.39 is 0 Å². The van der Waals surface area contributed by atoms with Crippen molar-refractivity contribution in [3.63, 3.8) is 0 Å². The summed E-state index contributed by atoms with van der Waals surface area (Å²) in [6.45, 7) is 8.39. The fraction of sp³-hybridized carbons (Fsp3) is 0.611. The SMILES string of the molecule is Cc1cccc(C(=O)NCCCN2CCCCCC2)c1C. The molecule has 1 aromatic carbocycles. The molecule has 1 saturated heterocycles. The molecule has 0 radical (unpaired) electrons. The van der Waals surface area contributed by atoms with Gasteiger partial charge in [-0.2, -0.15) is 0 Å². The monoisotopic (exact) mass is 288 g/mol. The van der Waals surface area contributed by atoms with Crippen LogP contribution in [0.5, 0.6) is 0 Å². The fourth-order valence-electron chi connectivity index (χ4n) is 2.96. The first-order valence-electron chi connectivity index (χ1n) is 8.25. The highest BCUT2D eigenvalue weighted by Gasteiger charge is 2.11. The molecule has 1 amide bonds. The Morgan fingerprint density at radius 2 is 1.86 bits per heavy atom. The number of carbonyl (C=O) groups is 1. The molecule has 1 heterocycles. The summed E-state index contributed by atoms with van der Waals surface area (Å²) in [6.07, 6.45) is 6.44. The van der Waals surface area contributed by atoms with E-state index in [9.17, 15) is 4.79 Å². The van der Waals surface area contributed by atoms with E-state index in [1.165, 1.54) is 44.3 Å². The number of nitrogens with zero attached hydrogens (tertiary/aromatic N) is 1. The van der Waals surface area contributed by atoms with Crippen molar-refractivity contribution < 1.29 is 4.79 Å². The molecule has 0 aliphatic carbocycles. The molecule has 3 heteroatoms. The highest BCUT2D eigenvalue weighted by atomic mass is 16.1. The molecule has 1 aliphatic rings. The second-order valence-corrected chi connectivity index (χ2v) is 6.11. The molecule has 3 nitrogen and oxygen atoms in total. The van der Waals surface area contributed by atoms with Gasteiger partial charge in [0, 0.05) is 12.1 Å². The number of benzene rings is 1. The number of likely N-dealkylation sites (tertiary alicyclic amines) is 1. The van der Waals surface area contributed by atoms with Crippen LogP contribution in [-0.2, 0) is 0 Å².